The predicted octanol–water partition coefficient (Wildman–Crippen LogP) is 3.85. The number of thioether (sulfide) groups is 1. The van der Waals surface area contributed by atoms with Crippen molar-refractivity contribution in [3.05, 3.63) is 41.1 Å². The van der Waals surface area contributed by atoms with Crippen LogP contribution in [0.2, 0.25) is 0 Å². The molecule has 0 saturated heterocycles. The molecule has 2 heterocycles. The van der Waals surface area contributed by atoms with E-state index >= 15 is 0 Å². The highest BCUT2D eigenvalue weighted by Gasteiger charge is 2.17. The van der Waals surface area contributed by atoms with Gasteiger partial charge in [0.15, 0.2) is 5.76 Å². The summed E-state index contributed by atoms with van der Waals surface area (Å²) in [5.41, 5.74) is 2.07. The summed E-state index contributed by atoms with van der Waals surface area (Å²) in [6.45, 7) is 6.04. The van der Waals surface area contributed by atoms with Crippen molar-refractivity contribution >= 4 is 17.7 Å². The minimum absolute atomic E-state index is 0.107. The lowest BCUT2D eigenvalue weighted by molar-refractivity contribution is 0.0910. The number of rotatable bonds is 8. The SMILES string of the molecule is CCCCSCc1cc(C(=O)NC(C)c2cnn(C)c2)oc1C. The third kappa shape index (κ3) is 4.89. The second kappa shape index (κ2) is 8.24. The predicted molar refractivity (Wildman–Crippen MR) is 93.6 cm³/mol. The number of nitrogens with one attached hydrogen (secondary N) is 1. The van der Waals surface area contributed by atoms with Gasteiger partial charge < -0.3 is 9.73 Å². The number of aryl methyl sites for hydroxylation is 2. The fraction of sp³-hybridized carbons (Fsp3) is 0.529. The first-order valence-electron chi connectivity index (χ1n) is 7.97. The number of furan rings is 1. The maximum atomic E-state index is 12.3. The van der Waals surface area contributed by atoms with Crippen molar-refractivity contribution in [3.63, 3.8) is 0 Å². The molecule has 126 valence electrons. The van der Waals surface area contributed by atoms with Gasteiger partial charge in [0.05, 0.1) is 12.2 Å². The Kier molecular flexibility index (Phi) is 6.33. The number of nitrogens with zero attached hydrogens (tertiary/aromatic N) is 2. The van der Waals surface area contributed by atoms with Crippen molar-refractivity contribution in [3.8, 4) is 0 Å². The lowest BCUT2D eigenvalue weighted by Crippen LogP contribution is -2.26. The van der Waals surface area contributed by atoms with E-state index in [1.165, 1.54) is 12.8 Å². The molecule has 2 aromatic rings. The highest BCUT2D eigenvalue weighted by Crippen LogP contribution is 2.22. The molecule has 0 fully saturated rings. The molecule has 1 amide bonds. The standard InChI is InChI=1S/C17H25N3O2S/c1-5-6-7-23-11-14-8-16(22-13(14)3)17(21)19-12(2)15-9-18-20(4)10-15/h8-10,12H,5-7,11H2,1-4H3,(H,19,21). The van der Waals surface area contributed by atoms with Gasteiger partial charge in [-0.1, -0.05) is 13.3 Å². The second-order valence-corrected chi connectivity index (χ2v) is 6.85. The molecule has 0 bridgehead atoms. The summed E-state index contributed by atoms with van der Waals surface area (Å²) in [4.78, 5) is 12.3. The van der Waals surface area contributed by atoms with Gasteiger partial charge in [0.2, 0.25) is 0 Å². The van der Waals surface area contributed by atoms with Gasteiger partial charge in [-0.25, -0.2) is 0 Å². The van der Waals surface area contributed by atoms with Crippen LogP contribution >= 0.6 is 11.8 Å². The summed E-state index contributed by atoms with van der Waals surface area (Å²) in [6, 6.07) is 1.75. The van der Waals surface area contributed by atoms with Crippen molar-refractivity contribution in [2.24, 2.45) is 7.05 Å². The van der Waals surface area contributed by atoms with Gasteiger partial charge in [0, 0.05) is 30.1 Å². The molecular weight excluding hydrogens is 310 g/mol. The molecule has 5 nitrogen and oxygen atoms in total. The summed E-state index contributed by atoms with van der Waals surface area (Å²) in [5, 5.41) is 7.07. The quantitative estimate of drug-likeness (QED) is 0.745. The van der Waals surface area contributed by atoms with Crippen molar-refractivity contribution in [1.29, 1.82) is 0 Å². The molecule has 6 heteroatoms. The van der Waals surface area contributed by atoms with Gasteiger partial charge in [-0.05, 0) is 32.1 Å². The monoisotopic (exact) mass is 335 g/mol. The van der Waals surface area contributed by atoms with Crippen LogP contribution in [-0.4, -0.2) is 21.4 Å². The molecular formula is C17H25N3O2S. The number of hydrogen-bond acceptors (Lipinski definition) is 4. The average Bonchev–Trinajstić information content (AvgIpc) is 3.10. The van der Waals surface area contributed by atoms with Crippen LogP contribution in [0.25, 0.3) is 0 Å². The van der Waals surface area contributed by atoms with Gasteiger partial charge >= 0.3 is 0 Å². The number of carbonyl (C=O) groups is 1. The molecule has 0 aliphatic heterocycles. The summed E-state index contributed by atoms with van der Waals surface area (Å²) >= 11 is 1.88. The molecule has 0 aliphatic carbocycles. The van der Waals surface area contributed by atoms with Crippen LogP contribution in [-0.2, 0) is 12.8 Å². The number of carbonyl (C=O) groups excluding carboxylic acids is 1. The van der Waals surface area contributed by atoms with Gasteiger partial charge in [0.25, 0.3) is 5.91 Å². The minimum Gasteiger partial charge on any atom is -0.456 e. The first-order chi connectivity index (χ1) is 11.0. The normalized spacial score (nSPS) is 12.3. The molecule has 1 N–H and O–H groups in total. The van der Waals surface area contributed by atoms with Crippen molar-refractivity contribution in [2.75, 3.05) is 5.75 Å². The van der Waals surface area contributed by atoms with Gasteiger partial charge in [-0.15, -0.1) is 0 Å². The molecule has 1 atom stereocenters. The van der Waals surface area contributed by atoms with E-state index in [1.54, 1.807) is 10.9 Å². The van der Waals surface area contributed by atoms with Gasteiger partial charge in [0.1, 0.15) is 5.76 Å². The maximum absolute atomic E-state index is 12.3. The Balaban J connectivity index is 1.94. The molecule has 0 spiro atoms. The highest BCUT2D eigenvalue weighted by molar-refractivity contribution is 7.98. The molecule has 0 saturated carbocycles. The lowest BCUT2D eigenvalue weighted by atomic mass is 10.2. The maximum Gasteiger partial charge on any atom is 0.287 e. The molecule has 1 unspecified atom stereocenters. The van der Waals surface area contributed by atoms with Gasteiger partial charge in [-0.3, -0.25) is 9.48 Å². The third-order valence-electron chi connectivity index (χ3n) is 3.72. The Labute approximate surface area is 141 Å². The molecule has 0 aliphatic rings. The van der Waals surface area contributed by atoms with Crippen LogP contribution in [0.1, 0.15) is 60.2 Å². The molecule has 0 aromatic carbocycles. The van der Waals surface area contributed by atoms with Crippen molar-refractivity contribution < 1.29 is 9.21 Å². The molecule has 23 heavy (non-hydrogen) atoms. The first kappa shape index (κ1) is 17.7. The largest absolute Gasteiger partial charge is 0.456 e. The summed E-state index contributed by atoms with van der Waals surface area (Å²) < 4.78 is 7.35. The fourth-order valence-electron chi connectivity index (χ4n) is 2.22. The zero-order valence-corrected chi connectivity index (χ0v) is 15.1. The van der Waals surface area contributed by atoms with E-state index in [0.717, 1.165) is 28.4 Å². The molecule has 2 aromatic heterocycles. The summed E-state index contributed by atoms with van der Waals surface area (Å²) in [7, 11) is 1.86. The topological polar surface area (TPSA) is 60.1 Å². The van der Waals surface area contributed by atoms with Crippen molar-refractivity contribution in [2.45, 2.75) is 45.4 Å². The zero-order chi connectivity index (χ0) is 16.8. The van der Waals surface area contributed by atoms with Crippen LogP contribution < -0.4 is 5.32 Å². The average molecular weight is 335 g/mol. The Morgan fingerprint density at radius 3 is 2.96 bits per heavy atom. The molecule has 2 rings (SSSR count). The van der Waals surface area contributed by atoms with Crippen LogP contribution in [0, 0.1) is 6.92 Å². The van der Waals surface area contributed by atoms with E-state index in [0.29, 0.717) is 5.76 Å². The summed E-state index contributed by atoms with van der Waals surface area (Å²) in [6.07, 6.45) is 6.08. The van der Waals surface area contributed by atoms with Crippen molar-refractivity contribution in [1.82, 2.24) is 15.1 Å². The van der Waals surface area contributed by atoms with Crippen LogP contribution in [0.5, 0.6) is 0 Å². The number of hydrogen-bond donors (Lipinski definition) is 1. The Morgan fingerprint density at radius 1 is 1.52 bits per heavy atom. The summed E-state index contributed by atoms with van der Waals surface area (Å²) in [5.74, 6) is 3.05. The zero-order valence-electron chi connectivity index (χ0n) is 14.3. The highest BCUT2D eigenvalue weighted by atomic mass is 32.2. The number of amides is 1. The van der Waals surface area contributed by atoms with E-state index in [4.69, 9.17) is 4.42 Å². The Bertz CT molecular complexity index is 648. The van der Waals surface area contributed by atoms with Crippen LogP contribution in [0.15, 0.2) is 22.9 Å². The van der Waals surface area contributed by atoms with Crippen LogP contribution in [0.3, 0.4) is 0 Å². The fourth-order valence-corrected chi connectivity index (χ4v) is 3.36. The van der Waals surface area contributed by atoms with E-state index in [1.807, 2.05) is 44.9 Å². The first-order valence-corrected chi connectivity index (χ1v) is 9.13. The number of unbranched alkanes of at least 4 members (excludes halogenated alkanes) is 1. The van der Waals surface area contributed by atoms with E-state index in [-0.39, 0.29) is 11.9 Å². The molecule has 0 radical (unpaired) electrons. The van der Waals surface area contributed by atoms with E-state index in [2.05, 4.69) is 17.3 Å². The third-order valence-corrected chi connectivity index (χ3v) is 4.81. The lowest BCUT2D eigenvalue weighted by Gasteiger charge is -2.10. The van der Waals surface area contributed by atoms with Gasteiger partial charge in [-0.2, -0.15) is 16.9 Å². The van der Waals surface area contributed by atoms with E-state index in [9.17, 15) is 4.79 Å². The Hall–Kier alpha value is -1.69. The number of aromatic nitrogens is 2. The van der Waals surface area contributed by atoms with E-state index < -0.39 is 0 Å². The Morgan fingerprint density at radius 2 is 2.30 bits per heavy atom. The smallest absolute Gasteiger partial charge is 0.287 e. The minimum atomic E-state index is -0.186. The second-order valence-electron chi connectivity index (χ2n) is 5.74. The van der Waals surface area contributed by atoms with Crippen LogP contribution in [0.4, 0.5) is 0 Å².